The normalized spacial score (nSPS) is 30.4. The highest BCUT2D eigenvalue weighted by molar-refractivity contribution is 5.83. The number of nitrogens with one attached hydrogen (secondary N) is 1. The number of hydrogen-bond donors (Lipinski definition) is 1. The first kappa shape index (κ1) is 15.8. The van der Waals surface area contributed by atoms with Crippen LogP contribution in [0.15, 0.2) is 43.1 Å². The van der Waals surface area contributed by atoms with E-state index in [0.717, 1.165) is 11.4 Å². The monoisotopic (exact) mass is 321 g/mol. The van der Waals surface area contributed by atoms with Crippen molar-refractivity contribution in [3.8, 4) is 0 Å². The predicted molar refractivity (Wildman–Crippen MR) is 100 cm³/mol. The molecule has 0 saturated carbocycles. The highest BCUT2D eigenvalue weighted by atomic mass is 15.2. The third-order valence-corrected chi connectivity index (χ3v) is 6.12. The second kappa shape index (κ2) is 6.30. The number of pyridine rings is 1. The van der Waals surface area contributed by atoms with E-state index in [-0.39, 0.29) is 0 Å². The van der Waals surface area contributed by atoms with Gasteiger partial charge in [0.25, 0.3) is 0 Å². The molecular weight excluding hydrogens is 294 g/mol. The first-order valence-electron chi connectivity index (χ1n) is 9.10. The van der Waals surface area contributed by atoms with Crippen molar-refractivity contribution in [1.82, 2.24) is 15.2 Å². The lowest BCUT2D eigenvalue weighted by Gasteiger charge is -2.51. The first-order chi connectivity index (χ1) is 11.7. The van der Waals surface area contributed by atoms with E-state index >= 15 is 0 Å². The van der Waals surface area contributed by atoms with E-state index in [1.807, 2.05) is 6.20 Å². The number of fused-ring (bicyclic) bond motifs is 4. The molecule has 5 rings (SSSR count). The fourth-order valence-electron chi connectivity index (χ4n) is 4.83. The highest BCUT2D eigenvalue weighted by Gasteiger charge is 2.42. The predicted octanol–water partition coefficient (Wildman–Crippen LogP) is 3.70. The fraction of sp³-hybridized carbons (Fsp3) is 0.476. The molecule has 0 aliphatic carbocycles. The quantitative estimate of drug-likeness (QED) is 0.870. The minimum Gasteiger partial charge on any atom is -0.312 e. The van der Waals surface area contributed by atoms with Gasteiger partial charge in [-0.1, -0.05) is 17.7 Å². The molecule has 3 aliphatic heterocycles. The molecule has 4 unspecified atom stereocenters. The molecule has 1 N–H and O–H groups in total. The third kappa shape index (κ3) is 2.56. The summed E-state index contributed by atoms with van der Waals surface area (Å²) in [5.74, 6) is 1.46. The van der Waals surface area contributed by atoms with Crippen LogP contribution in [0, 0.1) is 18.8 Å². The molecule has 2 bridgehead atoms. The number of aromatic nitrogens is 1. The van der Waals surface area contributed by atoms with Crippen LogP contribution >= 0.6 is 0 Å². The van der Waals surface area contributed by atoms with Gasteiger partial charge in [0.05, 0.1) is 5.52 Å². The molecule has 3 fully saturated rings. The number of likely N-dealkylation sites (N-methyl/N-ethyl adjacent to an activating group) is 1. The maximum Gasteiger partial charge on any atom is 0.0705 e. The molecule has 3 heteroatoms. The van der Waals surface area contributed by atoms with Gasteiger partial charge in [-0.2, -0.15) is 0 Å². The van der Waals surface area contributed by atoms with Gasteiger partial charge in [0, 0.05) is 30.2 Å². The number of aryl methyl sites for hydroxylation is 1. The van der Waals surface area contributed by atoms with Gasteiger partial charge in [-0.3, -0.25) is 9.88 Å². The maximum absolute atomic E-state index is 4.56. The summed E-state index contributed by atoms with van der Waals surface area (Å²) in [6, 6.07) is 9.69. The molecule has 0 radical (unpaired) electrons. The standard InChI is InChI=1S/C21H27N3/c1-4-15-13-24-10-8-16(15)12-20(24)21(22-3)17-7-9-23-19-6-5-14(2)11-18(17)19/h4-7,9,11,15-16,20-22H,1,8,10,12-13H2,2-3H3/t15?,16?,20?,21-/m0/s1. The Bertz CT molecular complexity index is 754. The summed E-state index contributed by atoms with van der Waals surface area (Å²) in [4.78, 5) is 7.24. The van der Waals surface area contributed by atoms with Crippen LogP contribution in [-0.2, 0) is 0 Å². The van der Waals surface area contributed by atoms with E-state index in [1.54, 1.807) is 0 Å². The van der Waals surface area contributed by atoms with Crippen LogP contribution in [-0.4, -0.2) is 36.1 Å². The summed E-state index contributed by atoms with van der Waals surface area (Å²) in [7, 11) is 2.10. The Balaban J connectivity index is 1.72. The Morgan fingerprint density at radius 3 is 2.96 bits per heavy atom. The molecule has 24 heavy (non-hydrogen) atoms. The highest BCUT2D eigenvalue weighted by Crippen LogP contribution is 2.41. The van der Waals surface area contributed by atoms with Crippen molar-refractivity contribution in [3.05, 3.63) is 54.2 Å². The van der Waals surface area contributed by atoms with Crippen molar-refractivity contribution >= 4 is 10.9 Å². The number of nitrogens with zero attached hydrogens (tertiary/aromatic N) is 2. The zero-order valence-electron chi connectivity index (χ0n) is 14.7. The molecule has 1 aromatic heterocycles. The summed E-state index contributed by atoms with van der Waals surface area (Å²) in [6.07, 6.45) is 6.71. The van der Waals surface area contributed by atoms with Gasteiger partial charge in [0.1, 0.15) is 0 Å². The van der Waals surface area contributed by atoms with Crippen LogP contribution in [0.25, 0.3) is 10.9 Å². The van der Waals surface area contributed by atoms with Crippen molar-refractivity contribution in [3.63, 3.8) is 0 Å². The lowest BCUT2D eigenvalue weighted by molar-refractivity contribution is 0.00251. The van der Waals surface area contributed by atoms with Crippen LogP contribution < -0.4 is 5.32 Å². The minimum absolute atomic E-state index is 0.353. The number of hydrogen-bond acceptors (Lipinski definition) is 3. The largest absolute Gasteiger partial charge is 0.312 e. The third-order valence-electron chi connectivity index (χ3n) is 6.12. The molecule has 0 spiro atoms. The molecule has 0 amide bonds. The number of piperidine rings is 3. The minimum atomic E-state index is 0.353. The number of rotatable bonds is 4. The van der Waals surface area contributed by atoms with Crippen LogP contribution in [0.1, 0.15) is 30.0 Å². The summed E-state index contributed by atoms with van der Waals surface area (Å²) in [6.45, 7) is 8.60. The second-order valence-corrected chi connectivity index (χ2v) is 7.43. The van der Waals surface area contributed by atoms with Crippen LogP contribution in [0.4, 0.5) is 0 Å². The van der Waals surface area contributed by atoms with E-state index in [0.29, 0.717) is 18.0 Å². The van der Waals surface area contributed by atoms with Gasteiger partial charge in [0.2, 0.25) is 0 Å². The molecule has 126 valence electrons. The Labute approximate surface area is 144 Å². The molecule has 5 atom stereocenters. The second-order valence-electron chi connectivity index (χ2n) is 7.43. The van der Waals surface area contributed by atoms with Crippen LogP contribution in [0.2, 0.25) is 0 Å². The summed E-state index contributed by atoms with van der Waals surface area (Å²) >= 11 is 0. The molecular formula is C21H27N3. The summed E-state index contributed by atoms with van der Waals surface area (Å²) in [5, 5.41) is 4.91. The van der Waals surface area contributed by atoms with E-state index in [4.69, 9.17) is 0 Å². The first-order valence-corrected chi connectivity index (χ1v) is 9.10. The molecule has 1 aromatic carbocycles. The topological polar surface area (TPSA) is 28.2 Å². The van der Waals surface area contributed by atoms with Crippen molar-refractivity contribution in [1.29, 1.82) is 0 Å². The van der Waals surface area contributed by atoms with E-state index < -0.39 is 0 Å². The van der Waals surface area contributed by atoms with E-state index in [9.17, 15) is 0 Å². The molecule has 4 heterocycles. The van der Waals surface area contributed by atoms with Crippen LogP contribution in [0.5, 0.6) is 0 Å². The average Bonchev–Trinajstić information content (AvgIpc) is 2.63. The summed E-state index contributed by atoms with van der Waals surface area (Å²) < 4.78 is 0. The molecule has 3 aliphatic rings. The lowest BCUT2D eigenvalue weighted by atomic mass is 9.73. The van der Waals surface area contributed by atoms with Crippen LogP contribution in [0.3, 0.4) is 0 Å². The van der Waals surface area contributed by atoms with Gasteiger partial charge in [-0.25, -0.2) is 0 Å². The lowest BCUT2D eigenvalue weighted by Crippen LogP contribution is -2.56. The Hall–Kier alpha value is -1.71. The van der Waals surface area contributed by atoms with E-state index in [1.165, 1.54) is 42.4 Å². The van der Waals surface area contributed by atoms with Crippen molar-refractivity contribution in [2.24, 2.45) is 11.8 Å². The van der Waals surface area contributed by atoms with Crippen molar-refractivity contribution in [2.75, 3.05) is 20.1 Å². The fourth-order valence-corrected chi connectivity index (χ4v) is 4.83. The molecule has 3 saturated heterocycles. The van der Waals surface area contributed by atoms with E-state index in [2.05, 4.69) is 66.1 Å². The molecule has 3 nitrogen and oxygen atoms in total. The zero-order chi connectivity index (χ0) is 16.7. The zero-order valence-corrected chi connectivity index (χ0v) is 14.7. The average molecular weight is 321 g/mol. The van der Waals surface area contributed by atoms with Gasteiger partial charge in [-0.05, 0) is 69.0 Å². The molecule has 2 aromatic rings. The maximum atomic E-state index is 4.56. The summed E-state index contributed by atoms with van der Waals surface area (Å²) in [5.41, 5.74) is 3.78. The Morgan fingerprint density at radius 1 is 1.38 bits per heavy atom. The van der Waals surface area contributed by atoms with Gasteiger partial charge in [0.15, 0.2) is 0 Å². The van der Waals surface area contributed by atoms with Crippen molar-refractivity contribution in [2.45, 2.75) is 31.8 Å². The number of benzene rings is 1. The van der Waals surface area contributed by atoms with Gasteiger partial charge in [-0.15, -0.1) is 6.58 Å². The Morgan fingerprint density at radius 2 is 2.25 bits per heavy atom. The van der Waals surface area contributed by atoms with Gasteiger partial charge < -0.3 is 5.32 Å². The SMILES string of the molecule is C=CC1CN2CCC1CC2[C@@H](NC)c1ccnc2ccc(C)cc12. The van der Waals surface area contributed by atoms with Gasteiger partial charge >= 0.3 is 0 Å². The smallest absolute Gasteiger partial charge is 0.0705 e. The van der Waals surface area contributed by atoms with Crippen molar-refractivity contribution < 1.29 is 0 Å². The Kier molecular flexibility index (Phi) is 4.15.